The number of imidazole rings is 1. The first-order valence-electron chi connectivity index (χ1n) is 8.14. The Morgan fingerprint density at radius 3 is 2.76 bits per heavy atom. The summed E-state index contributed by atoms with van der Waals surface area (Å²) in [6.07, 6.45) is -1.52. The van der Waals surface area contributed by atoms with Gasteiger partial charge < -0.3 is 14.0 Å². The van der Waals surface area contributed by atoms with E-state index in [0.717, 1.165) is 24.3 Å². The first-order chi connectivity index (χ1) is 11.8. The van der Waals surface area contributed by atoms with E-state index in [1.807, 2.05) is 0 Å². The molecule has 0 bridgehead atoms. The average molecular weight is 378 g/mol. The first kappa shape index (κ1) is 18.4. The van der Waals surface area contributed by atoms with Crippen LogP contribution in [0.15, 0.2) is 12.3 Å². The molecule has 0 spiro atoms. The van der Waals surface area contributed by atoms with Gasteiger partial charge in [-0.2, -0.15) is 13.2 Å². The summed E-state index contributed by atoms with van der Waals surface area (Å²) in [5, 5.41) is 0.110. The molecule has 0 N–H and O–H groups in total. The maximum atomic E-state index is 13.4. The molecule has 3 atom stereocenters. The summed E-state index contributed by atoms with van der Waals surface area (Å²) in [5.41, 5.74) is 0.621. The molecule has 0 saturated carbocycles. The Labute approximate surface area is 148 Å². The van der Waals surface area contributed by atoms with Crippen molar-refractivity contribution in [2.75, 3.05) is 6.61 Å². The van der Waals surface area contributed by atoms with Crippen LogP contribution in [0, 0.1) is 0 Å². The lowest BCUT2D eigenvalue weighted by Crippen LogP contribution is -2.28. The number of hydrogen-bond donors (Lipinski definition) is 0. The largest absolute Gasteiger partial charge is 0.408 e. The lowest BCUT2D eigenvalue weighted by Gasteiger charge is -2.27. The van der Waals surface area contributed by atoms with Crippen molar-refractivity contribution in [3.63, 3.8) is 0 Å². The van der Waals surface area contributed by atoms with Crippen LogP contribution in [0.1, 0.15) is 51.1 Å². The number of rotatable bonds is 4. The smallest absolute Gasteiger partial charge is 0.353 e. The average Bonchev–Trinajstić information content (AvgIpc) is 2.92. The monoisotopic (exact) mass is 377 g/mol. The van der Waals surface area contributed by atoms with Crippen molar-refractivity contribution in [1.29, 1.82) is 0 Å². The van der Waals surface area contributed by atoms with Crippen LogP contribution in [0.4, 0.5) is 13.2 Å². The minimum Gasteiger partial charge on any atom is -0.353 e. The molecule has 9 heteroatoms. The quantitative estimate of drug-likeness (QED) is 0.717. The van der Waals surface area contributed by atoms with Gasteiger partial charge in [0.2, 0.25) is 0 Å². The number of fused-ring (bicyclic) bond motifs is 1. The maximum Gasteiger partial charge on any atom is 0.408 e. The molecule has 138 valence electrons. The SMILES string of the molecule is CC(OC1CCCCO1)c1nc2cnc(Cl)cc2n1C(C)C(F)(F)F. The van der Waals surface area contributed by atoms with Gasteiger partial charge in [-0.05, 0) is 33.1 Å². The fourth-order valence-electron chi connectivity index (χ4n) is 2.94. The Balaban J connectivity index is 2.00. The second kappa shape index (κ2) is 7.09. The minimum absolute atomic E-state index is 0.110. The molecule has 1 fully saturated rings. The highest BCUT2D eigenvalue weighted by Crippen LogP contribution is 2.36. The van der Waals surface area contributed by atoms with Crippen molar-refractivity contribution >= 4 is 22.6 Å². The van der Waals surface area contributed by atoms with E-state index in [4.69, 9.17) is 21.1 Å². The fourth-order valence-corrected chi connectivity index (χ4v) is 3.09. The number of alkyl halides is 3. The number of nitrogens with zero attached hydrogens (tertiary/aromatic N) is 3. The molecule has 2 aromatic heterocycles. The third-order valence-electron chi connectivity index (χ3n) is 4.29. The number of pyridine rings is 1. The van der Waals surface area contributed by atoms with Gasteiger partial charge >= 0.3 is 6.18 Å². The molecule has 1 aliphatic heterocycles. The second-order valence-corrected chi connectivity index (χ2v) is 6.52. The van der Waals surface area contributed by atoms with Crippen molar-refractivity contribution in [2.24, 2.45) is 0 Å². The molecule has 1 saturated heterocycles. The summed E-state index contributed by atoms with van der Waals surface area (Å²) < 4.78 is 52.6. The number of hydrogen-bond acceptors (Lipinski definition) is 4. The summed E-state index contributed by atoms with van der Waals surface area (Å²) in [5.74, 6) is 0.179. The van der Waals surface area contributed by atoms with Crippen molar-refractivity contribution in [3.8, 4) is 0 Å². The highest BCUT2D eigenvalue weighted by Gasteiger charge is 2.40. The maximum absolute atomic E-state index is 13.4. The Bertz CT molecular complexity index is 744. The van der Waals surface area contributed by atoms with Crippen LogP contribution < -0.4 is 0 Å². The minimum atomic E-state index is -4.43. The molecule has 3 rings (SSSR count). The zero-order valence-electron chi connectivity index (χ0n) is 13.9. The normalized spacial score (nSPS) is 21.4. The molecule has 3 heterocycles. The molecule has 0 aliphatic carbocycles. The van der Waals surface area contributed by atoms with Crippen LogP contribution in [0.25, 0.3) is 11.0 Å². The number of halogens is 4. The molecule has 0 radical (unpaired) electrons. The Kier molecular flexibility index (Phi) is 5.22. The van der Waals surface area contributed by atoms with Crippen molar-refractivity contribution in [3.05, 3.63) is 23.2 Å². The first-order valence-corrected chi connectivity index (χ1v) is 8.52. The second-order valence-electron chi connectivity index (χ2n) is 6.13. The summed E-state index contributed by atoms with van der Waals surface area (Å²) >= 11 is 5.87. The van der Waals surface area contributed by atoms with E-state index in [1.54, 1.807) is 6.92 Å². The Morgan fingerprint density at radius 2 is 2.12 bits per heavy atom. The van der Waals surface area contributed by atoms with Gasteiger partial charge in [-0.1, -0.05) is 11.6 Å². The van der Waals surface area contributed by atoms with Gasteiger partial charge in [0, 0.05) is 12.7 Å². The van der Waals surface area contributed by atoms with Crippen molar-refractivity contribution in [1.82, 2.24) is 14.5 Å². The van der Waals surface area contributed by atoms with Gasteiger partial charge in [0.05, 0.1) is 11.7 Å². The van der Waals surface area contributed by atoms with Crippen LogP contribution in [0.3, 0.4) is 0 Å². The fraction of sp³-hybridized carbons (Fsp3) is 0.625. The predicted molar refractivity (Wildman–Crippen MR) is 86.4 cm³/mol. The van der Waals surface area contributed by atoms with Crippen LogP contribution in [0.5, 0.6) is 0 Å². The highest BCUT2D eigenvalue weighted by molar-refractivity contribution is 6.29. The van der Waals surface area contributed by atoms with E-state index in [2.05, 4.69) is 9.97 Å². The molecule has 3 unspecified atom stereocenters. The van der Waals surface area contributed by atoms with Gasteiger partial charge in [-0.15, -0.1) is 0 Å². The summed E-state index contributed by atoms with van der Waals surface area (Å²) in [7, 11) is 0. The van der Waals surface area contributed by atoms with Gasteiger partial charge in [0.1, 0.15) is 28.6 Å². The van der Waals surface area contributed by atoms with Crippen LogP contribution in [-0.2, 0) is 9.47 Å². The van der Waals surface area contributed by atoms with Crippen LogP contribution in [-0.4, -0.2) is 33.6 Å². The van der Waals surface area contributed by atoms with Gasteiger partial charge in [0.25, 0.3) is 0 Å². The van der Waals surface area contributed by atoms with E-state index in [-0.39, 0.29) is 16.5 Å². The zero-order valence-corrected chi connectivity index (χ0v) is 14.6. The Hall–Kier alpha value is -1.38. The topological polar surface area (TPSA) is 49.2 Å². The van der Waals surface area contributed by atoms with Crippen molar-refractivity contribution in [2.45, 2.75) is 57.7 Å². The van der Waals surface area contributed by atoms with Crippen LogP contribution >= 0.6 is 11.6 Å². The standard InChI is InChI=1S/C16H19ClF3N3O2/c1-9(25-14-5-3-4-6-24-14)15-22-11-8-21-13(17)7-12(11)23(15)10(2)16(18,19)20/h7-10,14H,3-6H2,1-2H3. The third kappa shape index (κ3) is 3.91. The molecule has 25 heavy (non-hydrogen) atoms. The lowest BCUT2D eigenvalue weighted by atomic mass is 10.2. The summed E-state index contributed by atoms with van der Waals surface area (Å²) in [6, 6.07) is -0.385. The molecular formula is C16H19ClF3N3O2. The molecule has 0 aromatic carbocycles. The predicted octanol–water partition coefficient (Wildman–Crippen LogP) is 4.81. The molecule has 1 aliphatic rings. The third-order valence-corrected chi connectivity index (χ3v) is 4.49. The lowest BCUT2D eigenvalue weighted by molar-refractivity contribution is -0.190. The van der Waals surface area contributed by atoms with E-state index in [1.165, 1.54) is 12.3 Å². The van der Waals surface area contributed by atoms with E-state index in [0.29, 0.717) is 18.5 Å². The zero-order chi connectivity index (χ0) is 18.2. The van der Waals surface area contributed by atoms with E-state index < -0.39 is 24.6 Å². The Morgan fingerprint density at radius 1 is 1.36 bits per heavy atom. The van der Waals surface area contributed by atoms with E-state index in [9.17, 15) is 13.2 Å². The molecular weight excluding hydrogens is 359 g/mol. The molecule has 0 amide bonds. The van der Waals surface area contributed by atoms with Gasteiger partial charge in [-0.3, -0.25) is 0 Å². The van der Waals surface area contributed by atoms with Crippen molar-refractivity contribution < 1.29 is 22.6 Å². The van der Waals surface area contributed by atoms with Gasteiger partial charge in [-0.25, -0.2) is 9.97 Å². The number of ether oxygens (including phenoxy) is 2. The van der Waals surface area contributed by atoms with Crippen LogP contribution in [0.2, 0.25) is 5.15 Å². The highest BCUT2D eigenvalue weighted by atomic mass is 35.5. The van der Waals surface area contributed by atoms with E-state index >= 15 is 0 Å². The number of aromatic nitrogens is 3. The molecule has 2 aromatic rings. The summed E-state index contributed by atoms with van der Waals surface area (Å²) in [4.78, 5) is 8.22. The van der Waals surface area contributed by atoms with Gasteiger partial charge in [0.15, 0.2) is 6.29 Å². The molecule has 5 nitrogen and oxygen atoms in total. The summed E-state index contributed by atoms with van der Waals surface area (Å²) in [6.45, 7) is 3.35.